The Labute approximate surface area is 113 Å². The van der Waals surface area contributed by atoms with Gasteiger partial charge in [0.15, 0.2) is 4.90 Å². The van der Waals surface area contributed by atoms with Gasteiger partial charge in [-0.2, -0.15) is 0 Å². The van der Waals surface area contributed by atoms with Crippen LogP contribution in [-0.2, 0) is 10.0 Å². The molecule has 2 aromatic rings. The molecule has 20 heavy (non-hydrogen) atoms. The Morgan fingerprint density at radius 3 is 2.65 bits per heavy atom. The van der Waals surface area contributed by atoms with Crippen molar-refractivity contribution in [1.82, 2.24) is 24.7 Å². The highest BCUT2D eigenvalue weighted by atomic mass is 32.2. The number of H-pyrrole nitrogens is 3. The molecule has 0 aliphatic heterocycles. The van der Waals surface area contributed by atoms with Crippen molar-refractivity contribution >= 4 is 10.0 Å². The predicted molar refractivity (Wildman–Crippen MR) is 69.6 cm³/mol. The maximum atomic E-state index is 12.1. The summed E-state index contributed by atoms with van der Waals surface area (Å²) in [7, 11) is -4.07. The largest absolute Gasteiger partial charge is 0.347 e. The molecule has 1 unspecified atom stereocenters. The van der Waals surface area contributed by atoms with E-state index in [4.69, 9.17) is 0 Å². The van der Waals surface area contributed by atoms with E-state index in [-0.39, 0.29) is 0 Å². The van der Waals surface area contributed by atoms with Crippen LogP contribution in [0.15, 0.2) is 33.1 Å². The standard InChI is InChI=1S/C10H13N5O4S/c1-2-6(8-11-3-4-12-8)15-20(18,19)7-5-13-10(17)14-9(7)16/h3-6,15H,2H2,1H3,(H,11,12)(H2,13,14,16,17). The van der Waals surface area contributed by atoms with Crippen LogP contribution < -0.4 is 16.0 Å². The third kappa shape index (κ3) is 2.86. The zero-order chi connectivity index (χ0) is 14.8. The van der Waals surface area contributed by atoms with E-state index >= 15 is 0 Å². The molecule has 0 aromatic carbocycles. The van der Waals surface area contributed by atoms with Crippen LogP contribution in [0, 0.1) is 0 Å². The summed E-state index contributed by atoms with van der Waals surface area (Å²) in [6, 6.07) is -0.596. The fraction of sp³-hybridized carbons (Fsp3) is 0.300. The third-order valence-electron chi connectivity index (χ3n) is 2.63. The zero-order valence-corrected chi connectivity index (χ0v) is 11.3. The van der Waals surface area contributed by atoms with E-state index in [2.05, 4.69) is 19.7 Å². The lowest BCUT2D eigenvalue weighted by Crippen LogP contribution is -2.35. The highest BCUT2D eigenvalue weighted by Crippen LogP contribution is 2.14. The number of imidazole rings is 1. The number of sulfonamides is 1. The zero-order valence-electron chi connectivity index (χ0n) is 10.5. The van der Waals surface area contributed by atoms with E-state index < -0.39 is 32.2 Å². The van der Waals surface area contributed by atoms with Gasteiger partial charge < -0.3 is 9.97 Å². The van der Waals surface area contributed by atoms with Crippen molar-refractivity contribution in [3.8, 4) is 0 Å². The minimum absolute atomic E-state index is 0.438. The van der Waals surface area contributed by atoms with Crippen molar-refractivity contribution < 1.29 is 8.42 Å². The summed E-state index contributed by atoms with van der Waals surface area (Å²) < 4.78 is 26.6. The molecule has 0 radical (unpaired) electrons. The van der Waals surface area contributed by atoms with E-state index in [0.29, 0.717) is 12.2 Å². The number of nitrogens with zero attached hydrogens (tertiary/aromatic N) is 1. The second-order valence-electron chi connectivity index (χ2n) is 3.99. The number of aromatic amines is 3. The number of hydrogen-bond donors (Lipinski definition) is 4. The Hall–Kier alpha value is -2.20. The number of aromatic nitrogens is 4. The van der Waals surface area contributed by atoms with Crippen LogP contribution in [0.3, 0.4) is 0 Å². The second kappa shape index (κ2) is 5.43. The van der Waals surface area contributed by atoms with Gasteiger partial charge in [0.2, 0.25) is 10.0 Å². The van der Waals surface area contributed by atoms with E-state index in [1.165, 1.54) is 6.20 Å². The van der Waals surface area contributed by atoms with Crippen LogP contribution in [0.4, 0.5) is 0 Å². The van der Waals surface area contributed by atoms with E-state index in [1.54, 1.807) is 13.1 Å². The first kappa shape index (κ1) is 14.2. The molecular formula is C10H13N5O4S. The number of nitrogens with one attached hydrogen (secondary N) is 4. The van der Waals surface area contributed by atoms with Gasteiger partial charge in [0.25, 0.3) is 5.56 Å². The second-order valence-corrected chi connectivity index (χ2v) is 5.68. The molecule has 0 aliphatic carbocycles. The van der Waals surface area contributed by atoms with Gasteiger partial charge in [0.05, 0.1) is 6.04 Å². The molecule has 2 aromatic heterocycles. The van der Waals surface area contributed by atoms with Gasteiger partial charge in [-0.25, -0.2) is 22.9 Å². The topological polar surface area (TPSA) is 141 Å². The molecule has 2 heterocycles. The van der Waals surface area contributed by atoms with Gasteiger partial charge in [0, 0.05) is 18.6 Å². The molecule has 0 amide bonds. The van der Waals surface area contributed by atoms with Gasteiger partial charge in [-0.05, 0) is 6.42 Å². The molecule has 108 valence electrons. The molecule has 4 N–H and O–H groups in total. The van der Waals surface area contributed by atoms with Crippen molar-refractivity contribution in [1.29, 1.82) is 0 Å². The fourth-order valence-electron chi connectivity index (χ4n) is 1.65. The summed E-state index contributed by atoms with van der Waals surface area (Å²) in [6.07, 6.45) is 4.37. The van der Waals surface area contributed by atoms with Crippen molar-refractivity contribution in [2.24, 2.45) is 0 Å². The van der Waals surface area contributed by atoms with Crippen LogP contribution in [0.2, 0.25) is 0 Å². The lowest BCUT2D eigenvalue weighted by Gasteiger charge is -2.14. The SMILES string of the molecule is CCC(NS(=O)(=O)c1c[nH]c(=O)[nH]c1=O)c1ncc[nH]1. The lowest BCUT2D eigenvalue weighted by atomic mass is 10.2. The molecule has 2 rings (SSSR count). The molecule has 0 bridgehead atoms. The molecule has 0 saturated heterocycles. The van der Waals surface area contributed by atoms with Crippen molar-refractivity contribution in [3.63, 3.8) is 0 Å². The third-order valence-corrected chi connectivity index (χ3v) is 4.11. The Balaban J connectivity index is 2.36. The molecule has 9 nitrogen and oxygen atoms in total. The predicted octanol–water partition coefficient (Wildman–Crippen LogP) is -0.784. The number of rotatable bonds is 5. The van der Waals surface area contributed by atoms with E-state index in [1.807, 2.05) is 4.98 Å². The first-order chi connectivity index (χ1) is 9.44. The summed E-state index contributed by atoms with van der Waals surface area (Å²) >= 11 is 0. The minimum atomic E-state index is -4.07. The summed E-state index contributed by atoms with van der Waals surface area (Å²) in [5, 5.41) is 0. The van der Waals surface area contributed by atoms with Gasteiger partial charge in [-0.1, -0.05) is 6.92 Å². The van der Waals surface area contributed by atoms with Gasteiger partial charge in [0.1, 0.15) is 5.82 Å². The van der Waals surface area contributed by atoms with Crippen molar-refractivity contribution in [3.05, 3.63) is 45.3 Å². The summed E-state index contributed by atoms with van der Waals surface area (Å²) in [4.78, 5) is 32.6. The van der Waals surface area contributed by atoms with Gasteiger partial charge in [-0.3, -0.25) is 9.78 Å². The maximum absolute atomic E-state index is 12.1. The van der Waals surface area contributed by atoms with Crippen molar-refractivity contribution in [2.45, 2.75) is 24.3 Å². The van der Waals surface area contributed by atoms with E-state index in [0.717, 1.165) is 6.20 Å². The van der Waals surface area contributed by atoms with Crippen LogP contribution in [0.25, 0.3) is 0 Å². The highest BCUT2D eigenvalue weighted by Gasteiger charge is 2.24. The molecule has 0 spiro atoms. The first-order valence-corrected chi connectivity index (χ1v) is 7.26. The van der Waals surface area contributed by atoms with Crippen LogP contribution >= 0.6 is 0 Å². The highest BCUT2D eigenvalue weighted by molar-refractivity contribution is 7.89. The molecule has 0 saturated carbocycles. The lowest BCUT2D eigenvalue weighted by molar-refractivity contribution is 0.537. The average molecular weight is 299 g/mol. The average Bonchev–Trinajstić information content (AvgIpc) is 2.89. The summed E-state index contributed by atoms with van der Waals surface area (Å²) in [6.45, 7) is 1.77. The summed E-state index contributed by atoms with van der Waals surface area (Å²) in [5.41, 5.74) is -1.75. The van der Waals surface area contributed by atoms with Crippen LogP contribution in [-0.4, -0.2) is 28.4 Å². The summed E-state index contributed by atoms with van der Waals surface area (Å²) in [5.74, 6) is 0.442. The molecule has 10 heteroatoms. The van der Waals surface area contributed by atoms with Crippen LogP contribution in [0.5, 0.6) is 0 Å². The molecule has 0 aliphatic rings. The Kier molecular flexibility index (Phi) is 3.86. The molecule has 0 fully saturated rings. The van der Waals surface area contributed by atoms with Crippen molar-refractivity contribution in [2.75, 3.05) is 0 Å². The smallest absolute Gasteiger partial charge is 0.325 e. The van der Waals surface area contributed by atoms with Gasteiger partial charge >= 0.3 is 5.69 Å². The molecular weight excluding hydrogens is 286 g/mol. The normalized spacial score (nSPS) is 13.2. The maximum Gasteiger partial charge on any atom is 0.325 e. The number of hydrogen-bond acceptors (Lipinski definition) is 5. The van der Waals surface area contributed by atoms with E-state index in [9.17, 15) is 18.0 Å². The Morgan fingerprint density at radius 1 is 1.35 bits per heavy atom. The Morgan fingerprint density at radius 2 is 2.10 bits per heavy atom. The Bertz CT molecular complexity index is 790. The first-order valence-electron chi connectivity index (χ1n) is 5.77. The fourth-order valence-corrected chi connectivity index (χ4v) is 2.94. The monoisotopic (exact) mass is 299 g/mol. The van der Waals surface area contributed by atoms with Crippen LogP contribution in [0.1, 0.15) is 25.2 Å². The van der Waals surface area contributed by atoms with Gasteiger partial charge in [-0.15, -0.1) is 0 Å². The molecule has 1 atom stereocenters. The minimum Gasteiger partial charge on any atom is -0.347 e. The quantitative estimate of drug-likeness (QED) is 0.573.